The Bertz CT molecular complexity index is 1040. The van der Waals surface area contributed by atoms with Crippen molar-refractivity contribution in [2.75, 3.05) is 14.1 Å². The second kappa shape index (κ2) is 9.50. The highest BCUT2D eigenvalue weighted by Crippen LogP contribution is 2.32. The van der Waals surface area contributed by atoms with Crippen molar-refractivity contribution in [2.24, 2.45) is 4.99 Å². The van der Waals surface area contributed by atoms with Crippen LogP contribution < -0.4 is 26.5 Å². The van der Waals surface area contributed by atoms with E-state index in [1.54, 1.807) is 12.1 Å². The minimum absolute atomic E-state index is 0.199. The molecule has 0 spiro atoms. The molecule has 5 nitrogen and oxygen atoms in total. The van der Waals surface area contributed by atoms with Crippen molar-refractivity contribution in [3.8, 4) is 0 Å². The predicted molar refractivity (Wildman–Crippen MR) is 119 cm³/mol. The third-order valence-corrected chi connectivity index (χ3v) is 6.17. The molecule has 1 aliphatic carbocycles. The summed E-state index contributed by atoms with van der Waals surface area (Å²) in [6, 6.07) is 14.4. The average Bonchev–Trinajstić information content (AvgIpc) is 2.77. The summed E-state index contributed by atoms with van der Waals surface area (Å²) in [5, 5.41) is 12.5. The van der Waals surface area contributed by atoms with Gasteiger partial charge in [-0.3, -0.25) is 5.32 Å². The Morgan fingerprint density at radius 3 is 2.34 bits per heavy atom. The monoisotopic (exact) mass is 445 g/mol. The van der Waals surface area contributed by atoms with Crippen molar-refractivity contribution in [3.05, 3.63) is 70.2 Å². The van der Waals surface area contributed by atoms with Crippen LogP contribution in [-0.2, 0) is 12.7 Å². The van der Waals surface area contributed by atoms with Crippen molar-refractivity contribution in [1.82, 2.24) is 20.9 Å². The van der Waals surface area contributed by atoms with E-state index in [1.165, 1.54) is 6.07 Å². The lowest BCUT2D eigenvalue weighted by atomic mass is 9.91. The molecule has 0 saturated heterocycles. The van der Waals surface area contributed by atoms with E-state index in [0.29, 0.717) is 11.6 Å². The zero-order valence-electron chi connectivity index (χ0n) is 18.4. The molecule has 3 N–H and O–H groups in total. The van der Waals surface area contributed by atoms with Crippen molar-refractivity contribution in [1.29, 1.82) is 0 Å². The van der Waals surface area contributed by atoms with E-state index in [0.717, 1.165) is 48.1 Å². The zero-order valence-corrected chi connectivity index (χ0v) is 18.4. The Kier molecular flexibility index (Phi) is 6.71. The van der Waals surface area contributed by atoms with Gasteiger partial charge in [-0.1, -0.05) is 30.3 Å². The molecular weight excluding hydrogens is 415 g/mol. The molecule has 8 heteroatoms. The second-order valence-corrected chi connectivity index (χ2v) is 8.69. The van der Waals surface area contributed by atoms with Gasteiger partial charge in [0.2, 0.25) is 0 Å². The summed E-state index contributed by atoms with van der Waals surface area (Å²) < 4.78 is 39.6. The summed E-state index contributed by atoms with van der Waals surface area (Å²) in [6.07, 6.45) is -0.789. The lowest BCUT2D eigenvalue weighted by Crippen LogP contribution is -2.55. The molecule has 1 fully saturated rings. The van der Waals surface area contributed by atoms with Crippen LogP contribution in [0.2, 0.25) is 0 Å². The van der Waals surface area contributed by atoms with E-state index in [4.69, 9.17) is 4.99 Å². The molecule has 172 valence electrons. The fourth-order valence-electron chi connectivity index (χ4n) is 4.51. The highest BCUT2D eigenvalue weighted by atomic mass is 19.4. The van der Waals surface area contributed by atoms with Crippen molar-refractivity contribution < 1.29 is 13.2 Å². The molecule has 0 amide bonds. The number of nitrogens with one attached hydrogen (secondary N) is 3. The molecule has 1 saturated carbocycles. The molecule has 0 aromatic heterocycles. The summed E-state index contributed by atoms with van der Waals surface area (Å²) in [6.45, 7) is 0.232. The fourth-order valence-corrected chi connectivity index (χ4v) is 4.51. The van der Waals surface area contributed by atoms with Crippen molar-refractivity contribution >= 4 is 5.82 Å². The molecule has 1 atom stereocenters. The zero-order chi connectivity index (χ0) is 22.7. The quantitative estimate of drug-likeness (QED) is 0.640. The van der Waals surface area contributed by atoms with E-state index in [1.807, 2.05) is 32.3 Å². The smallest absolute Gasteiger partial charge is 0.364 e. The van der Waals surface area contributed by atoms with E-state index in [9.17, 15) is 13.2 Å². The van der Waals surface area contributed by atoms with Crippen molar-refractivity contribution in [2.45, 2.75) is 56.8 Å². The largest absolute Gasteiger partial charge is 0.416 e. The molecule has 4 rings (SSSR count). The van der Waals surface area contributed by atoms with Gasteiger partial charge in [0.05, 0.1) is 10.9 Å². The van der Waals surface area contributed by atoms with Gasteiger partial charge < -0.3 is 15.5 Å². The first-order valence-electron chi connectivity index (χ1n) is 11.1. The van der Waals surface area contributed by atoms with Crippen molar-refractivity contribution in [3.63, 3.8) is 0 Å². The van der Waals surface area contributed by atoms with Gasteiger partial charge in [-0.15, -0.1) is 0 Å². The van der Waals surface area contributed by atoms with Crippen LogP contribution in [0.25, 0.3) is 5.82 Å². The normalized spacial score (nSPS) is 23.2. The van der Waals surface area contributed by atoms with E-state index in [2.05, 4.69) is 26.9 Å². The Morgan fingerprint density at radius 2 is 1.62 bits per heavy atom. The number of rotatable bonds is 6. The summed E-state index contributed by atoms with van der Waals surface area (Å²) in [7, 11) is 4.02. The highest BCUT2D eigenvalue weighted by Gasteiger charge is 2.33. The van der Waals surface area contributed by atoms with Crippen LogP contribution in [0.3, 0.4) is 0 Å². The molecule has 1 aliphatic heterocycles. The number of alkyl halides is 3. The summed E-state index contributed by atoms with van der Waals surface area (Å²) >= 11 is 0. The lowest BCUT2D eigenvalue weighted by Gasteiger charge is -2.34. The van der Waals surface area contributed by atoms with E-state index < -0.39 is 11.7 Å². The lowest BCUT2D eigenvalue weighted by molar-refractivity contribution is -0.138. The summed E-state index contributed by atoms with van der Waals surface area (Å²) in [5.74, 6) is 1.03. The number of benzene rings is 2. The first kappa shape index (κ1) is 22.6. The average molecular weight is 446 g/mol. The minimum Gasteiger partial charge on any atom is -0.364 e. The predicted octanol–water partition coefficient (Wildman–Crippen LogP) is 2.53. The van der Waals surface area contributed by atoms with Gasteiger partial charge in [0.15, 0.2) is 6.29 Å². The molecule has 1 heterocycles. The number of fused-ring (bicyclic) bond motifs is 1. The minimum atomic E-state index is -4.32. The van der Waals surface area contributed by atoms with E-state index in [-0.39, 0.29) is 18.9 Å². The first-order chi connectivity index (χ1) is 15.3. The topological polar surface area (TPSA) is 51.7 Å². The first-order valence-corrected chi connectivity index (χ1v) is 11.1. The Morgan fingerprint density at radius 1 is 0.969 bits per heavy atom. The molecule has 32 heavy (non-hydrogen) atoms. The summed E-state index contributed by atoms with van der Waals surface area (Å²) in [4.78, 5) is 6.87. The molecule has 2 aromatic carbocycles. The standard InChI is InChI=1S/C24H30F3N5/c1-32(2)22-19-8-4-6-10-21(19)30-23(31-22)29-18-13-11-17(12-14-18)28-15-16-7-3-5-9-20(16)24(25,26)27/h3-10,17-18,23,28-29,31H,11-15H2,1-2H3/t17-,18+,23?. The Hall–Kier alpha value is -2.58. The van der Waals surface area contributed by atoms with Gasteiger partial charge in [0.25, 0.3) is 0 Å². The maximum absolute atomic E-state index is 13.2. The van der Waals surface area contributed by atoms with Crippen LogP contribution in [0.5, 0.6) is 0 Å². The van der Waals surface area contributed by atoms with Crippen LogP contribution in [-0.4, -0.2) is 37.4 Å². The molecule has 1 unspecified atom stereocenters. The number of hydrogen-bond donors (Lipinski definition) is 3. The maximum atomic E-state index is 13.2. The van der Waals surface area contributed by atoms with Gasteiger partial charge in [-0.05, 0) is 49.4 Å². The van der Waals surface area contributed by atoms with Crippen LogP contribution in [0.4, 0.5) is 13.2 Å². The second-order valence-electron chi connectivity index (χ2n) is 8.69. The Balaban J connectivity index is 1.31. The SMILES string of the molecule is CN(C)C1=c2ccccc2=NC(N[C@H]2CC[C@@H](NCc3ccccc3C(F)(F)F)CC2)N1. The Labute approximate surface area is 186 Å². The fraction of sp³-hybridized carbons (Fsp3) is 0.458. The van der Waals surface area contributed by atoms with Gasteiger partial charge >= 0.3 is 6.18 Å². The number of hydrogen-bond acceptors (Lipinski definition) is 5. The number of para-hydroxylation sites is 1. The molecule has 2 aromatic rings. The van der Waals surface area contributed by atoms with Gasteiger partial charge in [0.1, 0.15) is 5.82 Å². The third kappa shape index (κ3) is 5.24. The molecule has 0 bridgehead atoms. The molecular formula is C24H30F3N5. The third-order valence-electron chi connectivity index (χ3n) is 6.17. The molecule has 0 radical (unpaired) electrons. The highest BCUT2D eigenvalue weighted by molar-refractivity contribution is 5.41. The maximum Gasteiger partial charge on any atom is 0.416 e. The van der Waals surface area contributed by atoms with Gasteiger partial charge in [-0.2, -0.15) is 13.2 Å². The van der Waals surface area contributed by atoms with Crippen LogP contribution in [0.15, 0.2) is 53.5 Å². The summed E-state index contributed by atoms with van der Waals surface area (Å²) in [5.41, 5.74) is -0.253. The van der Waals surface area contributed by atoms with Crippen LogP contribution in [0.1, 0.15) is 36.8 Å². The van der Waals surface area contributed by atoms with E-state index >= 15 is 0 Å². The number of halogens is 3. The van der Waals surface area contributed by atoms with Gasteiger partial charge in [0, 0.05) is 37.9 Å². The molecule has 2 aliphatic rings. The van der Waals surface area contributed by atoms with Crippen LogP contribution >= 0.6 is 0 Å². The number of nitrogens with zero attached hydrogens (tertiary/aromatic N) is 2. The van der Waals surface area contributed by atoms with Crippen LogP contribution in [0, 0.1) is 0 Å². The van der Waals surface area contributed by atoms with Gasteiger partial charge in [-0.25, -0.2) is 4.99 Å².